The zero-order valence-electron chi connectivity index (χ0n) is 29.1. The van der Waals surface area contributed by atoms with Crippen molar-refractivity contribution in [1.82, 2.24) is 4.57 Å². The molecule has 0 amide bonds. The van der Waals surface area contributed by atoms with Crippen molar-refractivity contribution in [1.29, 1.82) is 0 Å². The highest BCUT2D eigenvalue weighted by molar-refractivity contribution is 6.73. The Labute approximate surface area is 304 Å². The van der Waals surface area contributed by atoms with Crippen molar-refractivity contribution < 1.29 is 0 Å². The molecule has 0 saturated heterocycles. The average Bonchev–Trinajstić information content (AvgIpc) is 3.66. The second-order valence-electron chi connectivity index (χ2n) is 14.8. The van der Waals surface area contributed by atoms with E-state index in [0.717, 1.165) is 11.4 Å². The number of nitrogens with zero attached hydrogens (tertiary/aromatic N) is 1. The van der Waals surface area contributed by atoms with Gasteiger partial charge in [0.05, 0.1) is 5.69 Å². The minimum atomic E-state index is -0.107. The molecule has 243 valence electrons. The van der Waals surface area contributed by atoms with E-state index in [-0.39, 0.29) is 5.41 Å². The van der Waals surface area contributed by atoms with E-state index < -0.39 is 0 Å². The Morgan fingerprint density at radius 1 is 0.558 bits per heavy atom. The first-order valence-electron chi connectivity index (χ1n) is 18.2. The van der Waals surface area contributed by atoms with Crippen LogP contribution in [-0.4, -0.2) is 11.8 Å². The van der Waals surface area contributed by atoms with Gasteiger partial charge in [-0.15, -0.1) is 0 Å². The Bertz CT molecular complexity index is 2920. The molecule has 1 aliphatic heterocycles. The third kappa shape index (κ3) is 4.14. The second-order valence-corrected chi connectivity index (χ2v) is 14.8. The first-order chi connectivity index (χ1) is 25.5. The van der Waals surface area contributed by atoms with Crippen LogP contribution in [-0.2, 0) is 5.41 Å². The number of rotatable bonds is 4. The molecule has 2 aliphatic rings. The number of benzene rings is 8. The van der Waals surface area contributed by atoms with Gasteiger partial charge in [-0.3, -0.25) is 0 Å². The monoisotopic (exact) mass is 661 g/mol. The molecule has 52 heavy (non-hydrogen) atoms. The largest absolute Gasteiger partial charge is 0.355 e. The second kappa shape index (κ2) is 10.8. The number of anilines is 2. The fraction of sp³-hybridized carbons (Fsp3) is 0.0612. The first kappa shape index (κ1) is 29.4. The highest BCUT2D eigenvalue weighted by atomic mass is 15.0. The van der Waals surface area contributed by atoms with Crippen LogP contribution in [0.1, 0.15) is 25.0 Å². The molecule has 8 aromatic carbocycles. The van der Waals surface area contributed by atoms with E-state index in [9.17, 15) is 0 Å². The van der Waals surface area contributed by atoms with Crippen LogP contribution in [0.25, 0.3) is 71.6 Å². The topological polar surface area (TPSA) is 17.0 Å². The van der Waals surface area contributed by atoms with Gasteiger partial charge in [0.25, 0.3) is 0 Å². The molecule has 0 spiro atoms. The smallest absolute Gasteiger partial charge is 0.197 e. The van der Waals surface area contributed by atoms with Gasteiger partial charge in [0, 0.05) is 44.5 Å². The summed E-state index contributed by atoms with van der Waals surface area (Å²) in [6.45, 7) is 4.78. The Kier molecular flexibility index (Phi) is 6.13. The number of hydrogen-bond acceptors (Lipinski definition) is 1. The van der Waals surface area contributed by atoms with E-state index in [1.807, 2.05) is 0 Å². The summed E-state index contributed by atoms with van der Waals surface area (Å²) in [7, 11) is 2.45. The Hall–Kier alpha value is -6.32. The molecule has 0 fully saturated rings. The molecule has 3 heteroatoms. The van der Waals surface area contributed by atoms with E-state index in [1.165, 1.54) is 93.7 Å². The van der Waals surface area contributed by atoms with Gasteiger partial charge in [-0.2, -0.15) is 0 Å². The SMILES string of the molecule is CC1(C)c2ccccc2-c2c1c1cccc3c1n2-c1cc2ccccc2c(-c2cc4ccccc4cc2Nc2ccc(-c4ccccc4)cc2)c1[B]3. The summed E-state index contributed by atoms with van der Waals surface area (Å²) in [5.74, 6) is 0. The van der Waals surface area contributed by atoms with Crippen LogP contribution in [0, 0.1) is 0 Å². The van der Waals surface area contributed by atoms with Gasteiger partial charge in [-0.1, -0.05) is 153 Å². The van der Waals surface area contributed by atoms with Gasteiger partial charge >= 0.3 is 0 Å². The quantitative estimate of drug-likeness (QED) is 0.186. The standard InChI is InChI=1S/C49H34BN2/c1-49(2)40-21-11-10-19-37(40)48-45(49)38-20-12-22-41-47(38)52(48)43-29-34-17-8-9-18-36(34)44(46(43)50-41)39-27-32-15-6-7-16-33(32)28-42(39)51-35-25-23-31(24-26-35)30-13-4-3-5-14-30/h3-29,51H,1-2H3. The molecule has 0 bridgehead atoms. The van der Waals surface area contributed by atoms with E-state index >= 15 is 0 Å². The number of para-hydroxylation sites is 1. The fourth-order valence-corrected chi connectivity index (χ4v) is 9.19. The van der Waals surface area contributed by atoms with Gasteiger partial charge in [-0.25, -0.2) is 0 Å². The van der Waals surface area contributed by atoms with Gasteiger partial charge in [0.15, 0.2) is 7.28 Å². The lowest BCUT2D eigenvalue weighted by Crippen LogP contribution is -2.37. The molecule has 0 atom stereocenters. The molecule has 0 saturated carbocycles. The van der Waals surface area contributed by atoms with Gasteiger partial charge in [0.1, 0.15) is 0 Å². The van der Waals surface area contributed by atoms with Crippen molar-refractivity contribution in [2.24, 2.45) is 0 Å². The van der Waals surface area contributed by atoms with Crippen LogP contribution in [0.15, 0.2) is 164 Å². The normalized spacial score (nSPS) is 13.5. The van der Waals surface area contributed by atoms with E-state index in [0.29, 0.717) is 0 Å². The molecule has 2 nitrogen and oxygen atoms in total. The van der Waals surface area contributed by atoms with Crippen molar-refractivity contribution in [3.63, 3.8) is 0 Å². The molecule has 2 heterocycles. The highest BCUT2D eigenvalue weighted by Crippen LogP contribution is 2.54. The molecule has 11 rings (SSSR count). The summed E-state index contributed by atoms with van der Waals surface area (Å²) in [6.07, 6.45) is 0. The zero-order valence-corrected chi connectivity index (χ0v) is 29.1. The van der Waals surface area contributed by atoms with Crippen molar-refractivity contribution in [2.45, 2.75) is 19.3 Å². The third-order valence-electron chi connectivity index (χ3n) is 11.5. The maximum Gasteiger partial charge on any atom is 0.197 e. The summed E-state index contributed by atoms with van der Waals surface area (Å²) in [5, 5.41) is 10.1. The maximum atomic E-state index is 3.89. The molecule has 1 aromatic heterocycles. The predicted molar refractivity (Wildman–Crippen MR) is 221 cm³/mol. The van der Waals surface area contributed by atoms with Crippen LogP contribution in [0.5, 0.6) is 0 Å². The van der Waals surface area contributed by atoms with Gasteiger partial charge in [-0.05, 0) is 85.2 Å². The zero-order chi connectivity index (χ0) is 34.6. The summed E-state index contributed by atoms with van der Waals surface area (Å²) >= 11 is 0. The molecular weight excluding hydrogens is 627 g/mol. The third-order valence-corrected chi connectivity index (χ3v) is 11.5. The maximum absolute atomic E-state index is 3.89. The number of fused-ring (bicyclic) bond motifs is 9. The first-order valence-corrected chi connectivity index (χ1v) is 18.2. The van der Waals surface area contributed by atoms with E-state index in [2.05, 4.69) is 195 Å². The van der Waals surface area contributed by atoms with Crippen LogP contribution in [0.2, 0.25) is 0 Å². The lowest BCUT2D eigenvalue weighted by atomic mass is 9.58. The van der Waals surface area contributed by atoms with E-state index in [1.54, 1.807) is 0 Å². The molecule has 0 unspecified atom stereocenters. The van der Waals surface area contributed by atoms with Crippen LogP contribution in [0.4, 0.5) is 11.4 Å². The van der Waals surface area contributed by atoms with Crippen molar-refractivity contribution in [3.8, 4) is 39.2 Å². The lowest BCUT2D eigenvalue weighted by molar-refractivity contribution is 0.666. The molecular formula is C49H34BN2. The summed E-state index contributed by atoms with van der Waals surface area (Å²) in [4.78, 5) is 0. The Morgan fingerprint density at radius 3 is 2.06 bits per heavy atom. The van der Waals surface area contributed by atoms with E-state index in [4.69, 9.17) is 0 Å². The van der Waals surface area contributed by atoms with Crippen molar-refractivity contribution in [3.05, 3.63) is 175 Å². The van der Waals surface area contributed by atoms with Crippen LogP contribution >= 0.6 is 0 Å². The summed E-state index contributed by atoms with van der Waals surface area (Å²) in [6, 6.07) is 60.0. The van der Waals surface area contributed by atoms with Gasteiger partial charge in [0.2, 0.25) is 0 Å². The highest BCUT2D eigenvalue weighted by Gasteiger charge is 2.42. The Morgan fingerprint density at radius 2 is 1.23 bits per heavy atom. The Balaban J connectivity index is 1.18. The average molecular weight is 662 g/mol. The lowest BCUT2D eigenvalue weighted by Gasteiger charge is -2.27. The van der Waals surface area contributed by atoms with Crippen LogP contribution < -0.4 is 16.2 Å². The molecule has 9 aromatic rings. The number of aromatic nitrogens is 1. The van der Waals surface area contributed by atoms with Gasteiger partial charge < -0.3 is 9.88 Å². The predicted octanol–water partition coefficient (Wildman–Crippen LogP) is 11.3. The number of hydrogen-bond donors (Lipinski definition) is 1. The minimum Gasteiger partial charge on any atom is -0.355 e. The molecule has 1 N–H and O–H groups in total. The summed E-state index contributed by atoms with van der Waals surface area (Å²) in [5.41, 5.74) is 17.4. The molecule has 1 radical (unpaired) electrons. The number of nitrogens with one attached hydrogen (secondary N) is 1. The molecule has 1 aliphatic carbocycles. The van der Waals surface area contributed by atoms with Crippen molar-refractivity contribution in [2.75, 3.05) is 5.32 Å². The minimum absolute atomic E-state index is 0.107. The van der Waals surface area contributed by atoms with Crippen molar-refractivity contribution >= 4 is 62.0 Å². The fourth-order valence-electron chi connectivity index (χ4n) is 9.19. The summed E-state index contributed by atoms with van der Waals surface area (Å²) < 4.78 is 2.59. The van der Waals surface area contributed by atoms with Crippen LogP contribution in [0.3, 0.4) is 0 Å².